The Bertz CT molecular complexity index is 619. The van der Waals surface area contributed by atoms with Gasteiger partial charge in [-0.05, 0) is 35.7 Å². The number of nitrogens with one attached hydrogen (secondary N) is 1. The second-order valence-electron chi connectivity index (χ2n) is 4.77. The molecule has 0 saturated carbocycles. The number of benzene rings is 2. The van der Waals surface area contributed by atoms with E-state index in [1.807, 2.05) is 18.2 Å². The zero-order valence-corrected chi connectivity index (χ0v) is 11.6. The van der Waals surface area contributed by atoms with E-state index in [1.165, 1.54) is 22.6 Å². The first-order valence-corrected chi connectivity index (χ1v) is 7.37. The quantitative estimate of drug-likeness (QED) is 0.939. The molecule has 1 unspecified atom stereocenters. The predicted octanol–water partition coefficient (Wildman–Crippen LogP) is 3.16. The molecule has 4 heteroatoms. The first-order chi connectivity index (χ1) is 9.72. The van der Waals surface area contributed by atoms with Crippen LogP contribution in [0.15, 0.2) is 53.4 Å². The van der Waals surface area contributed by atoms with Gasteiger partial charge >= 0.3 is 0 Å². The van der Waals surface area contributed by atoms with Crippen molar-refractivity contribution in [1.82, 2.24) is 5.32 Å². The minimum atomic E-state index is -0.278. The van der Waals surface area contributed by atoms with E-state index in [9.17, 15) is 9.18 Å². The number of amides is 1. The first-order valence-electron chi connectivity index (χ1n) is 6.49. The fraction of sp³-hybridized carbons (Fsp3) is 0.188. The molecule has 1 aliphatic rings. The maximum absolute atomic E-state index is 13.1. The van der Waals surface area contributed by atoms with Gasteiger partial charge in [0, 0.05) is 11.4 Å². The minimum absolute atomic E-state index is 0.00969. The molecule has 0 radical (unpaired) electrons. The van der Waals surface area contributed by atoms with Crippen LogP contribution in [0.5, 0.6) is 0 Å². The molecule has 0 fully saturated rings. The third-order valence-corrected chi connectivity index (χ3v) is 4.61. The van der Waals surface area contributed by atoms with Crippen LogP contribution in [0.4, 0.5) is 4.39 Å². The van der Waals surface area contributed by atoms with Gasteiger partial charge in [-0.15, -0.1) is 11.8 Å². The third kappa shape index (κ3) is 2.85. The maximum atomic E-state index is 13.1. The van der Waals surface area contributed by atoms with Crippen LogP contribution < -0.4 is 5.32 Å². The van der Waals surface area contributed by atoms with E-state index < -0.39 is 0 Å². The Morgan fingerprint density at radius 2 is 2.10 bits per heavy atom. The summed E-state index contributed by atoms with van der Waals surface area (Å²) >= 11 is 1.60. The number of thioether (sulfide) groups is 1. The first kappa shape index (κ1) is 13.2. The molecule has 102 valence electrons. The normalized spacial score (nSPS) is 16.8. The number of hydrogen-bond donors (Lipinski definition) is 1. The summed E-state index contributed by atoms with van der Waals surface area (Å²) in [7, 11) is 0. The van der Waals surface area contributed by atoms with E-state index in [0.717, 1.165) is 12.0 Å². The highest BCUT2D eigenvalue weighted by atomic mass is 32.2. The molecule has 1 N–H and O–H groups in total. The van der Waals surface area contributed by atoms with E-state index in [2.05, 4.69) is 11.4 Å². The summed E-state index contributed by atoms with van der Waals surface area (Å²) < 4.78 is 13.1. The standard InChI is InChI=1S/C16H14FNOS/c17-13-6-3-4-11(8-13)10-18-16(19)15-9-12-5-1-2-7-14(12)20-15/h1-8,15H,9-10H2,(H,18,19). The third-order valence-electron chi connectivity index (χ3n) is 3.30. The number of rotatable bonds is 3. The zero-order chi connectivity index (χ0) is 13.9. The highest BCUT2D eigenvalue weighted by molar-refractivity contribution is 8.01. The average Bonchev–Trinajstić information content (AvgIpc) is 2.89. The number of fused-ring (bicyclic) bond motifs is 1. The van der Waals surface area contributed by atoms with Crippen molar-refractivity contribution in [2.24, 2.45) is 0 Å². The number of carbonyl (C=O) groups excluding carboxylic acids is 1. The van der Waals surface area contributed by atoms with Crippen molar-refractivity contribution in [3.05, 3.63) is 65.5 Å². The molecular formula is C16H14FNOS. The van der Waals surface area contributed by atoms with Crippen molar-refractivity contribution in [2.75, 3.05) is 0 Å². The van der Waals surface area contributed by atoms with Gasteiger partial charge in [0.2, 0.25) is 5.91 Å². The van der Waals surface area contributed by atoms with Crippen LogP contribution in [0, 0.1) is 5.82 Å². The van der Waals surface area contributed by atoms with Crippen molar-refractivity contribution in [3.8, 4) is 0 Å². The molecule has 1 atom stereocenters. The summed E-state index contributed by atoms with van der Waals surface area (Å²) in [5.74, 6) is -0.269. The summed E-state index contributed by atoms with van der Waals surface area (Å²) in [4.78, 5) is 13.3. The zero-order valence-electron chi connectivity index (χ0n) is 10.8. The monoisotopic (exact) mass is 287 g/mol. The Balaban J connectivity index is 1.59. The lowest BCUT2D eigenvalue weighted by molar-refractivity contribution is -0.120. The summed E-state index contributed by atoms with van der Waals surface area (Å²) in [6, 6.07) is 14.4. The fourth-order valence-corrected chi connectivity index (χ4v) is 3.50. The van der Waals surface area contributed by atoms with Gasteiger partial charge in [-0.3, -0.25) is 4.79 Å². The van der Waals surface area contributed by atoms with Crippen molar-refractivity contribution in [2.45, 2.75) is 23.1 Å². The molecule has 0 bridgehead atoms. The molecule has 2 aromatic rings. The van der Waals surface area contributed by atoms with Crippen LogP contribution in [-0.2, 0) is 17.8 Å². The Morgan fingerprint density at radius 1 is 1.25 bits per heavy atom. The molecule has 2 nitrogen and oxygen atoms in total. The van der Waals surface area contributed by atoms with Crippen LogP contribution in [0.25, 0.3) is 0 Å². The van der Waals surface area contributed by atoms with E-state index in [0.29, 0.717) is 6.54 Å². The van der Waals surface area contributed by atoms with E-state index in [1.54, 1.807) is 23.9 Å². The van der Waals surface area contributed by atoms with Gasteiger partial charge in [0.15, 0.2) is 0 Å². The molecule has 1 heterocycles. The van der Waals surface area contributed by atoms with Gasteiger partial charge in [0.05, 0.1) is 5.25 Å². The molecular weight excluding hydrogens is 273 g/mol. The Kier molecular flexibility index (Phi) is 3.74. The topological polar surface area (TPSA) is 29.1 Å². The lowest BCUT2D eigenvalue weighted by Gasteiger charge is -2.10. The molecule has 1 aliphatic heterocycles. The number of hydrogen-bond acceptors (Lipinski definition) is 2. The van der Waals surface area contributed by atoms with Gasteiger partial charge in [-0.1, -0.05) is 30.3 Å². The maximum Gasteiger partial charge on any atom is 0.234 e. The van der Waals surface area contributed by atoms with Gasteiger partial charge in [-0.2, -0.15) is 0 Å². The summed E-state index contributed by atoms with van der Waals surface area (Å²) in [6.45, 7) is 0.365. The van der Waals surface area contributed by atoms with Crippen molar-refractivity contribution < 1.29 is 9.18 Å². The predicted molar refractivity (Wildman–Crippen MR) is 78.0 cm³/mol. The summed E-state index contributed by atoms with van der Waals surface area (Å²) in [5.41, 5.74) is 2.00. The lowest BCUT2D eigenvalue weighted by atomic mass is 10.1. The van der Waals surface area contributed by atoms with E-state index >= 15 is 0 Å². The SMILES string of the molecule is O=C(NCc1cccc(F)c1)C1Cc2ccccc2S1. The van der Waals surface area contributed by atoms with Crippen LogP contribution in [-0.4, -0.2) is 11.2 Å². The largest absolute Gasteiger partial charge is 0.351 e. The molecule has 20 heavy (non-hydrogen) atoms. The van der Waals surface area contributed by atoms with E-state index in [4.69, 9.17) is 0 Å². The Hall–Kier alpha value is -1.81. The summed E-state index contributed by atoms with van der Waals surface area (Å²) in [6.07, 6.45) is 0.760. The molecule has 3 rings (SSSR count). The van der Waals surface area contributed by atoms with Crippen LogP contribution in [0.3, 0.4) is 0 Å². The smallest absolute Gasteiger partial charge is 0.234 e. The second kappa shape index (κ2) is 5.67. The van der Waals surface area contributed by atoms with Crippen LogP contribution in [0.2, 0.25) is 0 Å². The fourth-order valence-electron chi connectivity index (χ4n) is 2.28. The van der Waals surface area contributed by atoms with Crippen molar-refractivity contribution in [3.63, 3.8) is 0 Å². The van der Waals surface area contributed by atoms with Crippen molar-refractivity contribution >= 4 is 17.7 Å². The average molecular weight is 287 g/mol. The minimum Gasteiger partial charge on any atom is -0.351 e. The van der Waals surface area contributed by atoms with E-state index in [-0.39, 0.29) is 17.0 Å². The Labute approximate surface area is 121 Å². The van der Waals surface area contributed by atoms with Crippen LogP contribution in [0.1, 0.15) is 11.1 Å². The molecule has 0 aliphatic carbocycles. The lowest BCUT2D eigenvalue weighted by Crippen LogP contribution is -2.32. The van der Waals surface area contributed by atoms with Gasteiger partial charge in [-0.25, -0.2) is 4.39 Å². The van der Waals surface area contributed by atoms with Crippen LogP contribution >= 0.6 is 11.8 Å². The van der Waals surface area contributed by atoms with Gasteiger partial charge in [0.1, 0.15) is 5.82 Å². The summed E-state index contributed by atoms with van der Waals surface area (Å²) in [5, 5.41) is 2.79. The number of halogens is 1. The van der Waals surface area contributed by atoms with Gasteiger partial charge in [0.25, 0.3) is 0 Å². The molecule has 1 amide bonds. The highest BCUT2D eigenvalue weighted by Crippen LogP contribution is 2.36. The van der Waals surface area contributed by atoms with Crippen molar-refractivity contribution in [1.29, 1.82) is 0 Å². The molecule has 0 aromatic heterocycles. The molecule has 0 saturated heterocycles. The molecule has 2 aromatic carbocycles. The highest BCUT2D eigenvalue weighted by Gasteiger charge is 2.27. The number of carbonyl (C=O) groups is 1. The Morgan fingerprint density at radius 3 is 2.90 bits per heavy atom. The second-order valence-corrected chi connectivity index (χ2v) is 6.01. The molecule has 0 spiro atoms. The van der Waals surface area contributed by atoms with Gasteiger partial charge < -0.3 is 5.32 Å².